The second-order valence-electron chi connectivity index (χ2n) is 23.1. The molecule has 0 aliphatic rings. The van der Waals surface area contributed by atoms with Gasteiger partial charge in [0.25, 0.3) is 0 Å². The van der Waals surface area contributed by atoms with E-state index in [1.807, 2.05) is 6.08 Å². The minimum atomic E-state index is -0.858. The molecule has 0 radical (unpaired) electrons. The predicted octanol–water partition coefficient (Wildman–Crippen LogP) is 21.7. The van der Waals surface area contributed by atoms with E-state index in [-0.39, 0.29) is 18.5 Å². The van der Waals surface area contributed by atoms with Crippen molar-refractivity contribution in [2.45, 2.75) is 373 Å². The van der Waals surface area contributed by atoms with Gasteiger partial charge in [-0.1, -0.05) is 300 Å². The van der Waals surface area contributed by atoms with E-state index in [0.29, 0.717) is 19.4 Å². The van der Waals surface area contributed by atoms with Gasteiger partial charge in [0.2, 0.25) is 5.91 Å². The Balaban J connectivity index is 3.51. The van der Waals surface area contributed by atoms with Gasteiger partial charge in [0.1, 0.15) is 0 Å². The van der Waals surface area contributed by atoms with Gasteiger partial charge >= 0.3 is 5.97 Å². The lowest BCUT2D eigenvalue weighted by atomic mass is 10.0. The lowest BCUT2D eigenvalue weighted by molar-refractivity contribution is -0.143. The molecule has 2 unspecified atom stereocenters. The summed E-state index contributed by atoms with van der Waals surface area (Å²) in [4.78, 5) is 24.6. The fraction of sp³-hybridized carbons (Fsp3) is 0.857. The third-order valence-electron chi connectivity index (χ3n) is 15.6. The van der Waals surface area contributed by atoms with E-state index >= 15 is 0 Å². The number of unbranched alkanes of at least 4 members (excludes halogenated alkanes) is 46. The van der Waals surface area contributed by atoms with Crippen LogP contribution in [0.1, 0.15) is 361 Å². The molecule has 0 rings (SSSR count). The van der Waals surface area contributed by atoms with Crippen molar-refractivity contribution < 1.29 is 24.5 Å². The Hall–Kier alpha value is -2.18. The largest absolute Gasteiger partial charge is 0.466 e. The zero-order chi connectivity index (χ0) is 55.0. The minimum Gasteiger partial charge on any atom is -0.466 e. The molecule has 446 valence electrons. The molecule has 0 spiro atoms. The minimum absolute atomic E-state index is 0.0194. The Kier molecular flexibility index (Phi) is 63.5. The first kappa shape index (κ1) is 73.8. The molecule has 0 aliphatic carbocycles. The molecule has 0 aromatic carbocycles. The van der Waals surface area contributed by atoms with E-state index in [4.69, 9.17) is 4.74 Å². The number of rotatable bonds is 63. The molecule has 0 heterocycles. The van der Waals surface area contributed by atoms with Gasteiger partial charge in [0.05, 0.1) is 25.4 Å². The van der Waals surface area contributed by atoms with Gasteiger partial charge in [0.15, 0.2) is 0 Å². The highest BCUT2D eigenvalue weighted by Gasteiger charge is 2.18. The van der Waals surface area contributed by atoms with Gasteiger partial charge in [0, 0.05) is 12.8 Å². The maximum absolute atomic E-state index is 12.5. The third-order valence-corrected chi connectivity index (χ3v) is 15.6. The van der Waals surface area contributed by atoms with E-state index in [0.717, 1.165) is 83.5 Å². The van der Waals surface area contributed by atoms with Crippen molar-refractivity contribution in [2.24, 2.45) is 0 Å². The first-order valence-corrected chi connectivity index (χ1v) is 33.9. The number of carbonyl (C=O) groups excluding carboxylic acids is 2. The molecular formula is C70H131NO5. The smallest absolute Gasteiger partial charge is 0.305 e. The first-order chi connectivity index (χ1) is 37.5. The molecule has 6 heteroatoms. The Morgan fingerprint density at radius 3 is 1.01 bits per heavy atom. The van der Waals surface area contributed by atoms with Crippen LogP contribution in [0.15, 0.2) is 48.6 Å². The number of hydrogen-bond acceptors (Lipinski definition) is 5. The van der Waals surface area contributed by atoms with Crippen LogP contribution in [0.25, 0.3) is 0 Å². The number of allylic oxidation sites excluding steroid dienone is 7. The number of aliphatic hydroxyl groups is 2. The van der Waals surface area contributed by atoms with Crippen molar-refractivity contribution in [3.8, 4) is 0 Å². The van der Waals surface area contributed by atoms with Gasteiger partial charge < -0.3 is 20.3 Å². The van der Waals surface area contributed by atoms with Crippen molar-refractivity contribution in [2.75, 3.05) is 13.2 Å². The molecule has 0 saturated carbocycles. The molecule has 1 amide bonds. The SMILES string of the molecule is CCCCCCCC/C=C\CCCCCCCCCC(=O)OCCCCC/C=C\C/C=C\CCCCCCCCCC(=O)NC(CO)C(O)/C=C/CCCCCCCCCCCCCCCCCCCCCCCCC. The van der Waals surface area contributed by atoms with Crippen LogP contribution in [-0.2, 0) is 14.3 Å². The summed E-state index contributed by atoms with van der Waals surface area (Å²) in [5, 5.41) is 23.2. The Morgan fingerprint density at radius 1 is 0.368 bits per heavy atom. The van der Waals surface area contributed by atoms with Crippen LogP contribution in [-0.4, -0.2) is 47.4 Å². The van der Waals surface area contributed by atoms with E-state index in [1.165, 1.54) is 250 Å². The lowest BCUT2D eigenvalue weighted by Crippen LogP contribution is -2.45. The summed E-state index contributed by atoms with van der Waals surface area (Å²) in [6.07, 6.45) is 84.6. The third kappa shape index (κ3) is 61.0. The van der Waals surface area contributed by atoms with E-state index in [9.17, 15) is 19.8 Å². The van der Waals surface area contributed by atoms with Crippen LogP contribution in [0, 0.1) is 0 Å². The number of esters is 1. The highest BCUT2D eigenvalue weighted by molar-refractivity contribution is 5.76. The summed E-state index contributed by atoms with van der Waals surface area (Å²) in [5.74, 6) is -0.101. The summed E-state index contributed by atoms with van der Waals surface area (Å²) in [7, 11) is 0. The van der Waals surface area contributed by atoms with E-state index in [1.54, 1.807) is 6.08 Å². The number of carbonyl (C=O) groups is 2. The molecule has 2 atom stereocenters. The summed E-state index contributed by atoms with van der Waals surface area (Å²) in [6.45, 7) is 4.88. The van der Waals surface area contributed by atoms with Crippen LogP contribution in [0.4, 0.5) is 0 Å². The van der Waals surface area contributed by atoms with E-state index < -0.39 is 12.1 Å². The predicted molar refractivity (Wildman–Crippen MR) is 333 cm³/mol. The number of aliphatic hydroxyl groups excluding tert-OH is 2. The summed E-state index contributed by atoms with van der Waals surface area (Å²) >= 11 is 0. The molecule has 3 N–H and O–H groups in total. The second kappa shape index (κ2) is 65.3. The Labute approximate surface area is 474 Å². The fourth-order valence-electron chi connectivity index (χ4n) is 10.4. The van der Waals surface area contributed by atoms with Crippen LogP contribution in [0.3, 0.4) is 0 Å². The molecular weight excluding hydrogens is 935 g/mol. The second-order valence-corrected chi connectivity index (χ2v) is 23.1. The van der Waals surface area contributed by atoms with E-state index in [2.05, 4.69) is 55.6 Å². The van der Waals surface area contributed by atoms with Crippen LogP contribution < -0.4 is 5.32 Å². The fourth-order valence-corrected chi connectivity index (χ4v) is 10.4. The Bertz CT molecular complexity index is 1270. The Morgan fingerprint density at radius 2 is 0.658 bits per heavy atom. The van der Waals surface area contributed by atoms with Crippen molar-refractivity contribution in [3.63, 3.8) is 0 Å². The highest BCUT2D eigenvalue weighted by Crippen LogP contribution is 2.18. The zero-order valence-electron chi connectivity index (χ0n) is 51.0. The molecule has 0 aromatic rings. The normalized spacial score (nSPS) is 12.8. The monoisotopic (exact) mass is 1070 g/mol. The van der Waals surface area contributed by atoms with Gasteiger partial charge in [-0.25, -0.2) is 0 Å². The topological polar surface area (TPSA) is 95.9 Å². The molecule has 0 aromatic heterocycles. The summed E-state index contributed by atoms with van der Waals surface area (Å²) in [6, 6.07) is -0.643. The van der Waals surface area contributed by atoms with Crippen LogP contribution in [0.5, 0.6) is 0 Å². The standard InChI is InChI=1S/C70H131NO5/c1-3-5-7-9-11-13-15-17-19-21-22-23-24-25-26-27-28-31-34-38-42-46-50-54-58-62-68(73)67(66-72)71-69(74)63-59-55-51-47-43-39-35-32-29-33-37-41-45-49-53-57-61-65-76-70(75)64-60-56-52-48-44-40-36-30-20-18-16-14-12-10-8-6-4-2/h18,20,29,33,41,45,58,62,67-68,72-73H,3-17,19,21-28,30-32,34-40,42-44,46-57,59-61,63-66H2,1-2H3,(H,71,74)/b20-18-,33-29-,45-41-,62-58+. The molecule has 0 aliphatic heterocycles. The van der Waals surface area contributed by atoms with Gasteiger partial charge in [-0.3, -0.25) is 9.59 Å². The number of hydrogen-bond donors (Lipinski definition) is 3. The zero-order valence-corrected chi connectivity index (χ0v) is 51.0. The molecule has 0 fully saturated rings. The van der Waals surface area contributed by atoms with Gasteiger partial charge in [-0.15, -0.1) is 0 Å². The van der Waals surface area contributed by atoms with Crippen molar-refractivity contribution in [1.82, 2.24) is 5.32 Å². The highest BCUT2D eigenvalue weighted by atomic mass is 16.5. The maximum Gasteiger partial charge on any atom is 0.305 e. The van der Waals surface area contributed by atoms with Gasteiger partial charge in [-0.05, 0) is 96.3 Å². The molecule has 0 bridgehead atoms. The number of nitrogens with one attached hydrogen (secondary N) is 1. The summed E-state index contributed by atoms with van der Waals surface area (Å²) in [5.41, 5.74) is 0. The summed E-state index contributed by atoms with van der Waals surface area (Å²) < 4.78 is 5.47. The van der Waals surface area contributed by atoms with Crippen molar-refractivity contribution in [3.05, 3.63) is 48.6 Å². The lowest BCUT2D eigenvalue weighted by Gasteiger charge is -2.20. The van der Waals surface area contributed by atoms with Gasteiger partial charge in [-0.2, -0.15) is 0 Å². The average molecular weight is 1070 g/mol. The molecule has 76 heavy (non-hydrogen) atoms. The first-order valence-electron chi connectivity index (χ1n) is 33.9. The molecule has 0 saturated heterocycles. The van der Waals surface area contributed by atoms with Crippen molar-refractivity contribution in [1.29, 1.82) is 0 Å². The number of amides is 1. The quantitative estimate of drug-likeness (QED) is 0.0320. The average Bonchev–Trinajstić information content (AvgIpc) is 3.42. The van der Waals surface area contributed by atoms with Crippen LogP contribution >= 0.6 is 0 Å². The van der Waals surface area contributed by atoms with Crippen LogP contribution in [0.2, 0.25) is 0 Å². The maximum atomic E-state index is 12.5. The molecule has 6 nitrogen and oxygen atoms in total. The number of ether oxygens (including phenoxy) is 1. The van der Waals surface area contributed by atoms with Crippen molar-refractivity contribution >= 4 is 11.9 Å².